The number of likely N-dealkylation sites (N-methyl/N-ethyl adjacent to an activating group) is 1. The predicted molar refractivity (Wildman–Crippen MR) is 66.3 cm³/mol. The van der Waals surface area contributed by atoms with Crippen molar-refractivity contribution in [2.75, 3.05) is 50.5 Å². The van der Waals surface area contributed by atoms with Gasteiger partial charge in [0.2, 0.25) is 5.95 Å². The summed E-state index contributed by atoms with van der Waals surface area (Å²) in [6.45, 7) is 3.95. The zero-order chi connectivity index (χ0) is 11.5. The van der Waals surface area contributed by atoms with E-state index in [1.54, 1.807) is 6.07 Å². The van der Waals surface area contributed by atoms with Gasteiger partial charge in [-0.15, -0.1) is 0 Å². The van der Waals surface area contributed by atoms with Crippen LogP contribution in [0.3, 0.4) is 0 Å². The minimum absolute atomic E-state index is 0.480. The van der Waals surface area contributed by atoms with Crippen molar-refractivity contribution >= 4 is 23.4 Å². The number of rotatable bonds is 2. The highest BCUT2D eigenvalue weighted by Gasteiger charge is 2.17. The van der Waals surface area contributed by atoms with Crippen LogP contribution in [-0.2, 0) is 0 Å². The fourth-order valence-electron chi connectivity index (χ4n) is 1.68. The summed E-state index contributed by atoms with van der Waals surface area (Å²) in [6, 6.07) is 1.72. The van der Waals surface area contributed by atoms with E-state index in [4.69, 9.17) is 11.6 Å². The van der Waals surface area contributed by atoms with Gasteiger partial charge in [-0.2, -0.15) is 4.98 Å². The molecule has 0 atom stereocenters. The third kappa shape index (κ3) is 2.54. The zero-order valence-corrected chi connectivity index (χ0v) is 10.3. The van der Waals surface area contributed by atoms with E-state index in [2.05, 4.69) is 32.1 Å². The second-order valence-electron chi connectivity index (χ2n) is 3.92. The lowest BCUT2D eigenvalue weighted by atomic mass is 10.3. The molecule has 0 spiro atoms. The Labute approximate surface area is 100 Å². The monoisotopic (exact) mass is 241 g/mol. The summed E-state index contributed by atoms with van der Waals surface area (Å²) in [4.78, 5) is 13.1. The molecular weight excluding hydrogens is 226 g/mol. The van der Waals surface area contributed by atoms with Crippen molar-refractivity contribution in [3.8, 4) is 0 Å². The summed E-state index contributed by atoms with van der Waals surface area (Å²) in [5, 5.41) is 3.46. The molecular formula is C10H16ClN5. The molecule has 6 heteroatoms. The van der Waals surface area contributed by atoms with Crippen LogP contribution in [0.25, 0.3) is 0 Å². The van der Waals surface area contributed by atoms with Gasteiger partial charge in [0, 0.05) is 39.3 Å². The molecule has 0 saturated carbocycles. The molecule has 88 valence electrons. The van der Waals surface area contributed by atoms with Gasteiger partial charge in [-0.1, -0.05) is 11.6 Å². The van der Waals surface area contributed by atoms with Crippen molar-refractivity contribution < 1.29 is 0 Å². The summed E-state index contributed by atoms with van der Waals surface area (Å²) in [6.07, 6.45) is 0. The van der Waals surface area contributed by atoms with Crippen LogP contribution in [-0.4, -0.2) is 55.1 Å². The number of nitrogens with one attached hydrogen (secondary N) is 1. The van der Waals surface area contributed by atoms with Gasteiger partial charge >= 0.3 is 0 Å². The third-order valence-electron chi connectivity index (χ3n) is 2.73. The minimum atomic E-state index is 0.480. The Morgan fingerprint density at radius 2 is 1.94 bits per heavy atom. The summed E-state index contributed by atoms with van der Waals surface area (Å²) in [5.41, 5.74) is 0. The molecule has 0 bridgehead atoms. The van der Waals surface area contributed by atoms with E-state index in [0.717, 1.165) is 32.0 Å². The number of halogens is 1. The first kappa shape index (κ1) is 11.4. The van der Waals surface area contributed by atoms with Crippen LogP contribution in [0.4, 0.5) is 11.8 Å². The molecule has 2 rings (SSSR count). The Bertz CT molecular complexity index is 362. The average molecular weight is 242 g/mol. The summed E-state index contributed by atoms with van der Waals surface area (Å²) in [7, 11) is 3.95. The van der Waals surface area contributed by atoms with Gasteiger partial charge in [0.05, 0.1) is 0 Å². The molecule has 1 aromatic rings. The smallest absolute Gasteiger partial charge is 0.228 e. The van der Waals surface area contributed by atoms with Gasteiger partial charge in [-0.25, -0.2) is 4.98 Å². The second-order valence-corrected chi connectivity index (χ2v) is 4.30. The van der Waals surface area contributed by atoms with Gasteiger partial charge < -0.3 is 15.1 Å². The highest BCUT2D eigenvalue weighted by molar-refractivity contribution is 6.29. The Morgan fingerprint density at radius 1 is 1.25 bits per heavy atom. The minimum Gasteiger partial charge on any atom is -0.373 e. The van der Waals surface area contributed by atoms with Gasteiger partial charge in [-0.05, 0) is 7.05 Å². The molecule has 1 saturated heterocycles. The topological polar surface area (TPSA) is 44.3 Å². The Balaban J connectivity index is 2.16. The standard InChI is InChI=1S/C10H16ClN5/c1-12-9-7-8(11)13-10(14-9)16-5-3-15(2)4-6-16/h7H,3-6H2,1-2H3,(H,12,13,14). The fourth-order valence-corrected chi connectivity index (χ4v) is 1.86. The van der Waals surface area contributed by atoms with Gasteiger partial charge in [-0.3, -0.25) is 0 Å². The lowest BCUT2D eigenvalue weighted by molar-refractivity contribution is 0.311. The van der Waals surface area contributed by atoms with E-state index in [1.165, 1.54) is 0 Å². The Hall–Kier alpha value is -1.07. The number of nitrogens with zero attached hydrogens (tertiary/aromatic N) is 4. The molecule has 0 amide bonds. The molecule has 1 N–H and O–H groups in total. The number of piperazine rings is 1. The van der Waals surface area contributed by atoms with Crippen molar-refractivity contribution in [2.45, 2.75) is 0 Å². The first-order valence-corrected chi connectivity index (χ1v) is 5.72. The third-order valence-corrected chi connectivity index (χ3v) is 2.92. The van der Waals surface area contributed by atoms with Gasteiger partial charge in [0.15, 0.2) is 0 Å². The highest BCUT2D eigenvalue weighted by Crippen LogP contribution is 2.17. The molecule has 16 heavy (non-hydrogen) atoms. The van der Waals surface area contributed by atoms with Crippen molar-refractivity contribution in [3.63, 3.8) is 0 Å². The first-order chi connectivity index (χ1) is 7.69. The van der Waals surface area contributed by atoms with Gasteiger partial charge in [0.25, 0.3) is 0 Å². The van der Waals surface area contributed by atoms with Crippen LogP contribution < -0.4 is 10.2 Å². The average Bonchev–Trinajstić information content (AvgIpc) is 2.29. The maximum atomic E-state index is 5.95. The van der Waals surface area contributed by atoms with Crippen molar-refractivity contribution in [1.82, 2.24) is 14.9 Å². The summed E-state index contributed by atoms with van der Waals surface area (Å²) < 4.78 is 0. The number of aromatic nitrogens is 2. The fraction of sp³-hybridized carbons (Fsp3) is 0.600. The molecule has 1 fully saturated rings. The van der Waals surface area contributed by atoms with E-state index in [9.17, 15) is 0 Å². The van der Waals surface area contributed by atoms with E-state index >= 15 is 0 Å². The molecule has 1 aliphatic heterocycles. The second kappa shape index (κ2) is 4.84. The molecule has 2 heterocycles. The van der Waals surface area contributed by atoms with Crippen LogP contribution in [0.15, 0.2) is 6.07 Å². The van der Waals surface area contributed by atoms with Gasteiger partial charge in [0.1, 0.15) is 11.0 Å². The zero-order valence-electron chi connectivity index (χ0n) is 9.57. The lowest BCUT2D eigenvalue weighted by Gasteiger charge is -2.32. The summed E-state index contributed by atoms with van der Waals surface area (Å²) in [5.74, 6) is 1.47. The van der Waals surface area contributed by atoms with Crippen molar-refractivity contribution in [2.24, 2.45) is 0 Å². The molecule has 1 aromatic heterocycles. The van der Waals surface area contributed by atoms with E-state index < -0.39 is 0 Å². The van der Waals surface area contributed by atoms with Crippen LogP contribution in [0.2, 0.25) is 5.15 Å². The van der Waals surface area contributed by atoms with E-state index in [0.29, 0.717) is 11.1 Å². The lowest BCUT2D eigenvalue weighted by Crippen LogP contribution is -2.45. The quantitative estimate of drug-likeness (QED) is 0.781. The number of anilines is 2. The Morgan fingerprint density at radius 3 is 2.56 bits per heavy atom. The molecule has 0 aliphatic carbocycles. The molecule has 5 nitrogen and oxygen atoms in total. The van der Waals surface area contributed by atoms with E-state index in [-0.39, 0.29) is 0 Å². The summed E-state index contributed by atoms with van der Waals surface area (Å²) >= 11 is 5.95. The molecule has 0 radical (unpaired) electrons. The highest BCUT2D eigenvalue weighted by atomic mass is 35.5. The molecule has 0 unspecified atom stereocenters. The number of hydrogen-bond acceptors (Lipinski definition) is 5. The normalized spacial score (nSPS) is 17.6. The van der Waals surface area contributed by atoms with Crippen LogP contribution in [0.5, 0.6) is 0 Å². The number of hydrogen-bond donors (Lipinski definition) is 1. The first-order valence-electron chi connectivity index (χ1n) is 5.35. The van der Waals surface area contributed by atoms with Crippen LogP contribution >= 0.6 is 11.6 Å². The molecule has 1 aliphatic rings. The molecule has 0 aromatic carbocycles. The largest absolute Gasteiger partial charge is 0.373 e. The maximum Gasteiger partial charge on any atom is 0.228 e. The van der Waals surface area contributed by atoms with Crippen molar-refractivity contribution in [1.29, 1.82) is 0 Å². The SMILES string of the molecule is CNc1cc(Cl)nc(N2CCN(C)CC2)n1. The Kier molecular flexibility index (Phi) is 3.46. The maximum absolute atomic E-state index is 5.95. The van der Waals surface area contributed by atoms with Crippen molar-refractivity contribution in [3.05, 3.63) is 11.2 Å². The predicted octanol–water partition coefficient (Wildman–Crippen LogP) is 0.923. The van der Waals surface area contributed by atoms with Crippen LogP contribution in [0, 0.1) is 0 Å². The van der Waals surface area contributed by atoms with E-state index in [1.807, 2.05) is 7.05 Å². The van der Waals surface area contributed by atoms with Crippen LogP contribution in [0.1, 0.15) is 0 Å².